The Balaban J connectivity index is 1.65. The van der Waals surface area contributed by atoms with Gasteiger partial charge in [0.15, 0.2) is 0 Å². The van der Waals surface area contributed by atoms with Crippen LogP contribution >= 0.6 is 0 Å². The molecule has 0 aromatic heterocycles. The standard InChI is InChI=1S/C34H36/c1-8-13-21(4)31-22(5)18-26-19-29(23(6)32(26)34(31)25-14-9-10-15-25)33-24(7)30(20(2)3)27-16-11-12-17-28(27)33/h9-12,14,16-18,30,32,34H,2,4,6-8,13,15,19H2,1,3,5H3/b33-29-. The van der Waals surface area contributed by atoms with Crippen LogP contribution in [-0.4, -0.2) is 0 Å². The number of hydrogen-bond acceptors (Lipinski definition) is 0. The quantitative estimate of drug-likeness (QED) is 0.397. The Labute approximate surface area is 205 Å². The van der Waals surface area contributed by atoms with Gasteiger partial charge in [0.25, 0.3) is 0 Å². The molecule has 4 aliphatic carbocycles. The van der Waals surface area contributed by atoms with Crippen molar-refractivity contribution in [2.24, 2.45) is 11.8 Å². The summed E-state index contributed by atoms with van der Waals surface area (Å²) in [5.74, 6) is 0.840. The molecule has 0 spiro atoms. The predicted octanol–water partition coefficient (Wildman–Crippen LogP) is 9.36. The van der Waals surface area contributed by atoms with E-state index in [1.165, 1.54) is 61.3 Å². The summed E-state index contributed by atoms with van der Waals surface area (Å²) in [7, 11) is 0. The molecule has 0 heteroatoms. The molecule has 4 aliphatic rings. The normalized spacial score (nSPS) is 27.7. The average Bonchev–Trinajstić information content (AvgIpc) is 3.49. The first-order valence-corrected chi connectivity index (χ1v) is 12.7. The first-order valence-electron chi connectivity index (χ1n) is 12.7. The zero-order chi connectivity index (χ0) is 24.1. The molecular formula is C34H36. The van der Waals surface area contributed by atoms with Gasteiger partial charge in [0.1, 0.15) is 0 Å². The Bertz CT molecular complexity index is 1290. The molecule has 0 heterocycles. The molecule has 0 aliphatic heterocycles. The Kier molecular flexibility index (Phi) is 5.72. The molecule has 0 radical (unpaired) electrons. The van der Waals surface area contributed by atoms with Gasteiger partial charge < -0.3 is 0 Å². The summed E-state index contributed by atoms with van der Waals surface area (Å²) in [4.78, 5) is 0. The molecular weight excluding hydrogens is 408 g/mol. The van der Waals surface area contributed by atoms with Crippen molar-refractivity contribution in [2.75, 3.05) is 0 Å². The third kappa shape index (κ3) is 3.35. The maximum Gasteiger partial charge on any atom is 0.0300 e. The molecule has 0 saturated heterocycles. The number of hydrogen-bond donors (Lipinski definition) is 0. The molecule has 0 nitrogen and oxygen atoms in total. The van der Waals surface area contributed by atoms with Gasteiger partial charge in [0.05, 0.1) is 0 Å². The third-order valence-corrected chi connectivity index (χ3v) is 8.15. The molecule has 172 valence electrons. The van der Waals surface area contributed by atoms with E-state index in [2.05, 4.69) is 89.1 Å². The highest BCUT2D eigenvalue weighted by atomic mass is 14.5. The van der Waals surface area contributed by atoms with Crippen LogP contribution in [-0.2, 0) is 0 Å². The Hall–Kier alpha value is -3.12. The molecule has 0 bridgehead atoms. The van der Waals surface area contributed by atoms with Crippen LogP contribution in [0.2, 0.25) is 0 Å². The van der Waals surface area contributed by atoms with E-state index < -0.39 is 0 Å². The van der Waals surface area contributed by atoms with Crippen molar-refractivity contribution in [2.45, 2.75) is 52.4 Å². The highest BCUT2D eigenvalue weighted by Crippen LogP contribution is 2.58. The fourth-order valence-electron chi connectivity index (χ4n) is 6.84. The van der Waals surface area contributed by atoms with Crippen molar-refractivity contribution >= 4 is 5.57 Å². The minimum absolute atomic E-state index is 0.195. The van der Waals surface area contributed by atoms with Crippen LogP contribution in [0.15, 0.2) is 125 Å². The second-order valence-electron chi connectivity index (χ2n) is 10.4. The highest BCUT2D eigenvalue weighted by molar-refractivity contribution is 5.93. The van der Waals surface area contributed by atoms with E-state index in [1.807, 2.05) is 0 Å². The number of allylic oxidation sites excluding steroid dienone is 14. The fraction of sp³-hybridized carbons (Fsp3) is 0.294. The minimum Gasteiger partial charge on any atom is -0.0992 e. The van der Waals surface area contributed by atoms with Crippen LogP contribution < -0.4 is 0 Å². The van der Waals surface area contributed by atoms with Crippen LogP contribution in [0.5, 0.6) is 0 Å². The number of benzene rings is 1. The lowest BCUT2D eigenvalue weighted by atomic mass is 9.68. The van der Waals surface area contributed by atoms with Crippen molar-refractivity contribution in [1.29, 1.82) is 0 Å². The fourth-order valence-corrected chi connectivity index (χ4v) is 6.84. The van der Waals surface area contributed by atoms with E-state index in [4.69, 9.17) is 6.58 Å². The van der Waals surface area contributed by atoms with Crippen molar-refractivity contribution in [3.63, 3.8) is 0 Å². The second kappa shape index (κ2) is 8.58. The maximum atomic E-state index is 4.77. The summed E-state index contributed by atoms with van der Waals surface area (Å²) in [5.41, 5.74) is 16.1. The average molecular weight is 445 g/mol. The lowest BCUT2D eigenvalue weighted by molar-refractivity contribution is 0.555. The summed E-state index contributed by atoms with van der Waals surface area (Å²) in [6.45, 7) is 24.9. The molecule has 0 amide bonds. The minimum atomic E-state index is 0.195. The van der Waals surface area contributed by atoms with Crippen LogP contribution in [0.3, 0.4) is 0 Å². The monoisotopic (exact) mass is 444 g/mol. The largest absolute Gasteiger partial charge is 0.0992 e. The summed E-state index contributed by atoms with van der Waals surface area (Å²) < 4.78 is 0. The van der Waals surface area contributed by atoms with Crippen molar-refractivity contribution in [3.8, 4) is 0 Å². The molecule has 1 aromatic rings. The Morgan fingerprint density at radius 3 is 2.47 bits per heavy atom. The van der Waals surface area contributed by atoms with Gasteiger partial charge in [0.2, 0.25) is 0 Å². The van der Waals surface area contributed by atoms with E-state index in [0.717, 1.165) is 31.3 Å². The van der Waals surface area contributed by atoms with Gasteiger partial charge in [-0.15, -0.1) is 0 Å². The molecule has 5 rings (SSSR count). The lowest BCUT2D eigenvalue weighted by Gasteiger charge is -2.35. The smallest absolute Gasteiger partial charge is 0.0300 e. The maximum absolute atomic E-state index is 4.77. The van der Waals surface area contributed by atoms with Crippen molar-refractivity contribution in [1.82, 2.24) is 0 Å². The van der Waals surface area contributed by atoms with Crippen LogP contribution in [0, 0.1) is 11.8 Å². The first-order chi connectivity index (χ1) is 16.3. The van der Waals surface area contributed by atoms with Gasteiger partial charge in [-0.1, -0.05) is 111 Å². The van der Waals surface area contributed by atoms with E-state index in [-0.39, 0.29) is 5.92 Å². The van der Waals surface area contributed by atoms with E-state index in [1.54, 1.807) is 0 Å². The second-order valence-corrected chi connectivity index (χ2v) is 10.4. The van der Waals surface area contributed by atoms with Gasteiger partial charge in [-0.2, -0.15) is 0 Å². The highest BCUT2D eigenvalue weighted by Gasteiger charge is 2.44. The Morgan fingerprint density at radius 1 is 1.03 bits per heavy atom. The van der Waals surface area contributed by atoms with E-state index in [9.17, 15) is 0 Å². The predicted molar refractivity (Wildman–Crippen MR) is 147 cm³/mol. The van der Waals surface area contributed by atoms with E-state index >= 15 is 0 Å². The SMILES string of the molecule is C=C(CCC)C1=C(C)C=C2C/C(=C3\C(=C)C(C(=C)C)c4ccccc43)C(=C)C2C1C1=CC=CC1. The van der Waals surface area contributed by atoms with Crippen molar-refractivity contribution in [3.05, 3.63) is 136 Å². The van der Waals surface area contributed by atoms with E-state index in [0.29, 0.717) is 11.8 Å². The molecule has 1 saturated carbocycles. The van der Waals surface area contributed by atoms with Crippen LogP contribution in [0.1, 0.15) is 63.5 Å². The molecule has 3 unspecified atom stereocenters. The topological polar surface area (TPSA) is 0 Å². The summed E-state index contributed by atoms with van der Waals surface area (Å²) in [5, 5.41) is 0. The Morgan fingerprint density at radius 2 is 1.79 bits per heavy atom. The zero-order valence-electron chi connectivity index (χ0n) is 21.0. The molecule has 0 N–H and O–H groups in total. The first kappa shape index (κ1) is 22.7. The summed E-state index contributed by atoms with van der Waals surface area (Å²) in [6.07, 6.45) is 13.4. The van der Waals surface area contributed by atoms with Gasteiger partial charge in [0, 0.05) is 17.8 Å². The van der Waals surface area contributed by atoms with Crippen LogP contribution in [0.25, 0.3) is 5.57 Å². The van der Waals surface area contributed by atoms with Gasteiger partial charge in [-0.25, -0.2) is 0 Å². The van der Waals surface area contributed by atoms with Crippen molar-refractivity contribution < 1.29 is 0 Å². The van der Waals surface area contributed by atoms with Crippen LogP contribution in [0.4, 0.5) is 0 Å². The lowest BCUT2D eigenvalue weighted by Crippen LogP contribution is -2.24. The number of rotatable bonds is 5. The third-order valence-electron chi connectivity index (χ3n) is 8.15. The molecule has 34 heavy (non-hydrogen) atoms. The zero-order valence-corrected chi connectivity index (χ0v) is 21.0. The molecule has 3 atom stereocenters. The van der Waals surface area contributed by atoms with Gasteiger partial charge in [-0.05, 0) is 77.7 Å². The summed E-state index contributed by atoms with van der Waals surface area (Å²) >= 11 is 0. The molecule has 1 fully saturated rings. The van der Waals surface area contributed by atoms with Gasteiger partial charge in [-0.3, -0.25) is 0 Å². The summed E-state index contributed by atoms with van der Waals surface area (Å²) in [6, 6.07) is 8.78. The van der Waals surface area contributed by atoms with Gasteiger partial charge >= 0.3 is 0 Å². The number of fused-ring (bicyclic) bond motifs is 2. The molecule has 1 aromatic carbocycles.